The lowest BCUT2D eigenvalue weighted by molar-refractivity contribution is -0.140. The molecule has 0 saturated carbocycles. The molecule has 2 N–H and O–H groups in total. The van der Waals surface area contributed by atoms with Crippen LogP contribution in [0.1, 0.15) is 48.9 Å². The van der Waals surface area contributed by atoms with Gasteiger partial charge in [0, 0.05) is 23.3 Å². The van der Waals surface area contributed by atoms with Crippen LogP contribution >= 0.6 is 11.6 Å². The number of rotatable bonds is 6. The van der Waals surface area contributed by atoms with Crippen molar-refractivity contribution in [3.05, 3.63) is 101 Å². The van der Waals surface area contributed by atoms with Crippen molar-refractivity contribution in [1.29, 1.82) is 0 Å². The van der Waals surface area contributed by atoms with E-state index in [0.717, 1.165) is 16.3 Å². The van der Waals surface area contributed by atoms with Gasteiger partial charge in [-0.3, -0.25) is 14.4 Å². The van der Waals surface area contributed by atoms with Gasteiger partial charge in [0.1, 0.15) is 6.04 Å². The van der Waals surface area contributed by atoms with Gasteiger partial charge in [0.25, 0.3) is 5.91 Å². The van der Waals surface area contributed by atoms with Crippen LogP contribution < -0.4 is 20.1 Å². The van der Waals surface area contributed by atoms with Gasteiger partial charge in [0.2, 0.25) is 18.6 Å². The Balaban J connectivity index is 1.45. The van der Waals surface area contributed by atoms with Crippen molar-refractivity contribution >= 4 is 45.8 Å². The summed E-state index contributed by atoms with van der Waals surface area (Å²) in [5.41, 5.74) is 8.49. The van der Waals surface area contributed by atoms with E-state index in [1.807, 2.05) is 55.5 Å². The Morgan fingerprint density at radius 1 is 1.00 bits per heavy atom. The summed E-state index contributed by atoms with van der Waals surface area (Å²) < 4.78 is 10.9. The molecule has 0 unspecified atom stereocenters. The fraction of sp³-hybridized carbons (Fsp3) is 0.265. The van der Waals surface area contributed by atoms with Gasteiger partial charge in [-0.15, -0.1) is 0 Å². The number of anilines is 1. The molecule has 8 nitrogen and oxygen atoms in total. The van der Waals surface area contributed by atoms with Gasteiger partial charge in [0.05, 0.1) is 12.3 Å². The Labute approximate surface area is 254 Å². The smallest absolute Gasteiger partial charge is 0.254 e. The minimum absolute atomic E-state index is 0.0747. The summed E-state index contributed by atoms with van der Waals surface area (Å²) in [6.07, 6.45) is 0.595. The van der Waals surface area contributed by atoms with Gasteiger partial charge in [0.15, 0.2) is 11.5 Å². The first-order valence-corrected chi connectivity index (χ1v) is 14.7. The zero-order valence-corrected chi connectivity index (χ0v) is 24.7. The number of benzene rings is 4. The average molecular weight is 598 g/mol. The number of nitrogens with two attached hydrogens (primary N) is 1. The normalized spacial score (nSPS) is 18.9. The summed E-state index contributed by atoms with van der Waals surface area (Å²) in [7, 11) is 0. The fourth-order valence-corrected chi connectivity index (χ4v) is 6.33. The van der Waals surface area contributed by atoms with Crippen molar-refractivity contribution in [3.63, 3.8) is 0 Å². The van der Waals surface area contributed by atoms with Crippen LogP contribution in [0.3, 0.4) is 0 Å². The van der Waals surface area contributed by atoms with Gasteiger partial charge < -0.3 is 25.0 Å². The largest absolute Gasteiger partial charge is 0.454 e. The number of amides is 3. The number of halogens is 1. The van der Waals surface area contributed by atoms with E-state index in [-0.39, 0.29) is 31.1 Å². The van der Waals surface area contributed by atoms with Gasteiger partial charge in [-0.1, -0.05) is 60.1 Å². The minimum atomic E-state index is -0.944. The van der Waals surface area contributed by atoms with Crippen LogP contribution in [-0.2, 0) is 20.8 Å². The van der Waals surface area contributed by atoms with Crippen LogP contribution in [0.4, 0.5) is 5.69 Å². The van der Waals surface area contributed by atoms with Crippen molar-refractivity contribution in [2.45, 2.75) is 44.7 Å². The molecule has 0 aromatic heterocycles. The number of ether oxygens (including phenoxy) is 2. The Morgan fingerprint density at radius 3 is 2.58 bits per heavy atom. The second kappa shape index (κ2) is 11.6. The number of hydrogen-bond donors (Lipinski definition) is 1. The van der Waals surface area contributed by atoms with E-state index in [1.165, 1.54) is 0 Å². The third-order valence-corrected chi connectivity index (χ3v) is 8.60. The molecule has 9 heteroatoms. The summed E-state index contributed by atoms with van der Waals surface area (Å²) in [6.45, 7) is 4.21. The molecule has 1 fully saturated rings. The number of primary amides is 1. The second-order valence-electron chi connectivity index (χ2n) is 11.1. The lowest BCUT2D eigenvalue weighted by atomic mass is 9.91. The first kappa shape index (κ1) is 28.6. The molecule has 6 rings (SSSR count). The highest BCUT2D eigenvalue weighted by Gasteiger charge is 2.41. The van der Waals surface area contributed by atoms with Gasteiger partial charge >= 0.3 is 0 Å². The van der Waals surface area contributed by atoms with E-state index in [0.29, 0.717) is 46.3 Å². The molecule has 0 spiro atoms. The number of fused-ring (bicyclic) bond motifs is 2. The highest BCUT2D eigenvalue weighted by molar-refractivity contribution is 6.30. The molecular formula is C34H32ClN3O5. The van der Waals surface area contributed by atoms with Crippen molar-refractivity contribution in [1.82, 2.24) is 4.90 Å². The van der Waals surface area contributed by atoms with Gasteiger partial charge in [-0.25, -0.2) is 0 Å². The molecule has 0 aliphatic carbocycles. The lowest BCUT2D eigenvalue weighted by Crippen LogP contribution is -2.46. The van der Waals surface area contributed by atoms with Gasteiger partial charge in [-0.2, -0.15) is 0 Å². The Morgan fingerprint density at radius 2 is 1.79 bits per heavy atom. The third-order valence-electron chi connectivity index (χ3n) is 8.37. The maximum absolute atomic E-state index is 14.7. The molecule has 2 aliphatic rings. The zero-order chi connectivity index (χ0) is 30.2. The quantitative estimate of drug-likeness (QED) is 0.305. The van der Waals surface area contributed by atoms with Crippen molar-refractivity contribution in [2.75, 3.05) is 18.2 Å². The molecule has 1 saturated heterocycles. The number of carbonyl (C=O) groups is 3. The molecule has 2 aliphatic heterocycles. The lowest BCUT2D eigenvalue weighted by Gasteiger charge is -2.35. The highest BCUT2D eigenvalue weighted by Crippen LogP contribution is 2.40. The van der Waals surface area contributed by atoms with Crippen molar-refractivity contribution in [2.24, 2.45) is 5.73 Å². The monoisotopic (exact) mass is 597 g/mol. The summed E-state index contributed by atoms with van der Waals surface area (Å²) in [5.74, 6) is -0.383. The van der Waals surface area contributed by atoms with Gasteiger partial charge in [-0.05, 0) is 78.1 Å². The Kier molecular flexibility index (Phi) is 7.71. The number of carbonyl (C=O) groups excluding carboxylic acids is 3. The molecule has 220 valence electrons. The molecule has 43 heavy (non-hydrogen) atoms. The second-order valence-corrected chi connectivity index (χ2v) is 11.5. The molecule has 4 aromatic rings. The summed E-state index contributed by atoms with van der Waals surface area (Å²) in [4.78, 5) is 44.8. The van der Waals surface area contributed by atoms with Crippen LogP contribution in [0.2, 0.25) is 5.02 Å². The molecule has 0 bridgehead atoms. The number of nitrogens with zero attached hydrogens (tertiary/aromatic N) is 2. The van der Waals surface area contributed by atoms with E-state index >= 15 is 0 Å². The maximum Gasteiger partial charge on any atom is 0.254 e. The van der Waals surface area contributed by atoms with Crippen molar-refractivity contribution in [3.8, 4) is 11.5 Å². The average Bonchev–Trinajstić information content (AvgIpc) is 3.42. The van der Waals surface area contributed by atoms with E-state index in [9.17, 15) is 14.4 Å². The SMILES string of the molecule is C[C@@H]1CCN(c2ccc3ccccc3c2[C@@H](C)C(N)=O)C(=O)[C@H](c2cccc(Cl)c2)N1C(=O)Cc1ccc2c(c1)OCO2. The van der Waals surface area contributed by atoms with Crippen LogP contribution in [0.25, 0.3) is 10.8 Å². The summed E-state index contributed by atoms with van der Waals surface area (Å²) in [5, 5.41) is 2.26. The van der Waals surface area contributed by atoms with E-state index < -0.39 is 17.9 Å². The molecule has 3 amide bonds. The first-order chi connectivity index (χ1) is 20.7. The Bertz CT molecular complexity index is 1740. The van der Waals surface area contributed by atoms with E-state index in [4.69, 9.17) is 26.8 Å². The van der Waals surface area contributed by atoms with Crippen LogP contribution in [0.5, 0.6) is 11.5 Å². The van der Waals surface area contributed by atoms with Crippen molar-refractivity contribution < 1.29 is 23.9 Å². The highest BCUT2D eigenvalue weighted by atomic mass is 35.5. The first-order valence-electron chi connectivity index (χ1n) is 14.3. The van der Waals surface area contributed by atoms with Crippen LogP contribution in [-0.4, -0.2) is 42.0 Å². The molecule has 3 atom stereocenters. The predicted octanol–water partition coefficient (Wildman–Crippen LogP) is 5.75. The minimum Gasteiger partial charge on any atom is -0.454 e. The predicted molar refractivity (Wildman–Crippen MR) is 165 cm³/mol. The molecular weight excluding hydrogens is 566 g/mol. The molecule has 4 aromatic carbocycles. The van der Waals surface area contributed by atoms with Crippen LogP contribution in [0.15, 0.2) is 78.9 Å². The number of hydrogen-bond acceptors (Lipinski definition) is 5. The standard InChI is InChI=1S/C34H32ClN3O5/c1-20-14-15-37(27-12-11-23-6-3-4-9-26(23)31(27)21(2)33(36)40)34(41)32(24-7-5-8-25(35)18-24)38(20)30(39)17-22-10-13-28-29(16-22)43-19-42-28/h3-13,16,18,20-21,32H,14-15,17,19H2,1-2H3,(H2,36,40)/t20-,21-,32+/m1/s1. The maximum atomic E-state index is 14.7. The summed E-state index contributed by atoms with van der Waals surface area (Å²) in [6, 6.07) is 22.8. The topological polar surface area (TPSA) is 102 Å². The fourth-order valence-electron chi connectivity index (χ4n) is 6.13. The molecule has 2 heterocycles. The van der Waals surface area contributed by atoms with E-state index in [2.05, 4.69) is 0 Å². The van der Waals surface area contributed by atoms with Crippen LogP contribution in [0, 0.1) is 0 Å². The van der Waals surface area contributed by atoms with E-state index in [1.54, 1.807) is 47.1 Å². The zero-order valence-electron chi connectivity index (χ0n) is 24.0. The summed E-state index contributed by atoms with van der Waals surface area (Å²) >= 11 is 6.42. The third kappa shape index (κ3) is 5.39. The molecule has 0 radical (unpaired) electrons. The Hall–Kier alpha value is -4.56.